The van der Waals surface area contributed by atoms with Crippen molar-refractivity contribution in [3.8, 4) is 11.5 Å². The molecule has 3 rings (SSSR count). The van der Waals surface area contributed by atoms with Gasteiger partial charge in [0.15, 0.2) is 17.1 Å². The molecule has 1 heterocycles. The van der Waals surface area contributed by atoms with Crippen molar-refractivity contribution in [2.24, 2.45) is 0 Å². The van der Waals surface area contributed by atoms with Crippen molar-refractivity contribution >= 4 is 23.4 Å². The summed E-state index contributed by atoms with van der Waals surface area (Å²) in [7, 11) is 1.58. The maximum absolute atomic E-state index is 12.4. The van der Waals surface area contributed by atoms with Crippen LogP contribution in [0.3, 0.4) is 0 Å². The highest BCUT2D eigenvalue weighted by Gasteiger charge is 2.19. The number of hydrogen-bond acceptors (Lipinski definition) is 6. The Morgan fingerprint density at radius 3 is 2.55 bits per heavy atom. The predicted molar refractivity (Wildman–Crippen MR) is 123 cm³/mol. The number of ether oxygens (including phenoxy) is 2. The molecule has 3 aromatic rings. The van der Waals surface area contributed by atoms with E-state index in [0.29, 0.717) is 23.1 Å². The van der Waals surface area contributed by atoms with Gasteiger partial charge < -0.3 is 19.4 Å². The van der Waals surface area contributed by atoms with Crippen LogP contribution >= 0.6 is 11.8 Å². The van der Waals surface area contributed by atoms with Crippen molar-refractivity contribution in [1.29, 1.82) is 0 Å². The summed E-state index contributed by atoms with van der Waals surface area (Å²) in [5.41, 5.74) is 1.91. The lowest BCUT2D eigenvalue weighted by atomic mass is 10.2. The summed E-state index contributed by atoms with van der Waals surface area (Å²) in [6.07, 6.45) is 0.724. The average Bonchev–Trinajstić information content (AvgIpc) is 3.21. The summed E-state index contributed by atoms with van der Waals surface area (Å²) in [5, 5.41) is 12.2. The van der Waals surface area contributed by atoms with Crippen LogP contribution in [0.2, 0.25) is 0 Å². The minimum absolute atomic E-state index is 0.137. The van der Waals surface area contributed by atoms with Crippen molar-refractivity contribution < 1.29 is 14.3 Å². The smallest absolute Gasteiger partial charge is 0.234 e. The highest BCUT2D eigenvalue weighted by atomic mass is 32.2. The van der Waals surface area contributed by atoms with Crippen molar-refractivity contribution in [3.05, 3.63) is 59.9 Å². The summed E-state index contributed by atoms with van der Waals surface area (Å²) in [5.74, 6) is 2.22. The van der Waals surface area contributed by atoms with Gasteiger partial charge in [-0.1, -0.05) is 43.0 Å². The molecule has 31 heavy (non-hydrogen) atoms. The third-order valence-electron chi connectivity index (χ3n) is 4.78. The molecule has 1 atom stereocenters. The number of nitrogens with zero attached hydrogens (tertiary/aromatic N) is 3. The predicted octanol–water partition coefficient (Wildman–Crippen LogP) is 4.74. The zero-order valence-corrected chi connectivity index (χ0v) is 19.1. The van der Waals surface area contributed by atoms with E-state index >= 15 is 0 Å². The third kappa shape index (κ3) is 5.79. The molecule has 1 amide bonds. The summed E-state index contributed by atoms with van der Waals surface area (Å²) in [6.45, 7) is 6.78. The van der Waals surface area contributed by atoms with E-state index in [1.165, 1.54) is 17.3 Å². The Kier molecular flexibility index (Phi) is 7.94. The molecule has 0 aliphatic heterocycles. The van der Waals surface area contributed by atoms with Crippen LogP contribution in [0.5, 0.6) is 11.5 Å². The van der Waals surface area contributed by atoms with E-state index in [1.807, 2.05) is 42.7 Å². The number of aryl methyl sites for hydroxylation is 1. The van der Waals surface area contributed by atoms with Crippen molar-refractivity contribution in [2.75, 3.05) is 18.2 Å². The van der Waals surface area contributed by atoms with E-state index < -0.39 is 0 Å². The number of aromatic nitrogens is 3. The lowest BCUT2D eigenvalue weighted by molar-refractivity contribution is -0.113. The Bertz CT molecular complexity index is 1000. The molecule has 164 valence electrons. The fourth-order valence-corrected chi connectivity index (χ4v) is 3.94. The first-order valence-corrected chi connectivity index (χ1v) is 11.3. The SMILES string of the molecule is CCc1ccc(O[C@@H](C)c2nnc(SCC(=O)Nc3ccccc3OC)n2CC)cc1. The number of methoxy groups -OCH3 is 1. The number of rotatable bonds is 10. The van der Waals surface area contributed by atoms with E-state index in [1.54, 1.807) is 19.2 Å². The molecule has 0 saturated carbocycles. The molecule has 1 aromatic heterocycles. The van der Waals surface area contributed by atoms with Crippen LogP contribution < -0.4 is 14.8 Å². The van der Waals surface area contributed by atoms with Gasteiger partial charge in [0.25, 0.3) is 0 Å². The topological polar surface area (TPSA) is 78.3 Å². The molecule has 0 unspecified atom stereocenters. The van der Waals surface area contributed by atoms with Crippen LogP contribution in [0, 0.1) is 0 Å². The van der Waals surface area contributed by atoms with Gasteiger partial charge in [-0.15, -0.1) is 10.2 Å². The van der Waals surface area contributed by atoms with Crippen molar-refractivity contribution in [2.45, 2.75) is 45.0 Å². The van der Waals surface area contributed by atoms with Crippen LogP contribution in [0.25, 0.3) is 0 Å². The van der Waals surface area contributed by atoms with Gasteiger partial charge in [-0.25, -0.2) is 0 Å². The first-order valence-electron chi connectivity index (χ1n) is 10.3. The van der Waals surface area contributed by atoms with E-state index in [-0.39, 0.29) is 17.8 Å². The largest absolute Gasteiger partial charge is 0.495 e. The number of benzene rings is 2. The molecule has 0 radical (unpaired) electrons. The highest BCUT2D eigenvalue weighted by molar-refractivity contribution is 7.99. The number of hydrogen-bond donors (Lipinski definition) is 1. The Morgan fingerprint density at radius 2 is 1.87 bits per heavy atom. The normalized spacial score (nSPS) is 11.7. The molecule has 0 bridgehead atoms. The third-order valence-corrected chi connectivity index (χ3v) is 5.75. The number of amides is 1. The fraction of sp³-hybridized carbons (Fsp3) is 0.348. The Morgan fingerprint density at radius 1 is 1.13 bits per heavy atom. The molecule has 0 aliphatic carbocycles. The number of carbonyl (C=O) groups excluding carboxylic acids is 1. The van der Waals surface area contributed by atoms with Gasteiger partial charge in [-0.05, 0) is 50.1 Å². The molecule has 0 aliphatic rings. The molecule has 0 spiro atoms. The van der Waals surface area contributed by atoms with Gasteiger partial charge >= 0.3 is 0 Å². The molecule has 0 saturated heterocycles. The van der Waals surface area contributed by atoms with Crippen LogP contribution in [0.15, 0.2) is 53.7 Å². The van der Waals surface area contributed by atoms with Gasteiger partial charge in [-0.3, -0.25) is 4.79 Å². The van der Waals surface area contributed by atoms with Gasteiger partial charge in [-0.2, -0.15) is 0 Å². The van der Waals surface area contributed by atoms with Gasteiger partial charge in [0.1, 0.15) is 11.5 Å². The number of nitrogens with one attached hydrogen (secondary N) is 1. The monoisotopic (exact) mass is 440 g/mol. The van der Waals surface area contributed by atoms with E-state index in [0.717, 1.165) is 18.0 Å². The molecule has 0 fully saturated rings. The van der Waals surface area contributed by atoms with Crippen LogP contribution in [0.1, 0.15) is 38.3 Å². The average molecular weight is 441 g/mol. The number of thioether (sulfide) groups is 1. The lowest BCUT2D eigenvalue weighted by Crippen LogP contribution is -2.16. The number of anilines is 1. The first kappa shape index (κ1) is 22.7. The molecular weight excluding hydrogens is 412 g/mol. The number of para-hydroxylation sites is 2. The summed E-state index contributed by atoms with van der Waals surface area (Å²) < 4.78 is 13.3. The van der Waals surface area contributed by atoms with Crippen LogP contribution in [-0.4, -0.2) is 33.5 Å². The highest BCUT2D eigenvalue weighted by Crippen LogP contribution is 2.26. The summed E-state index contributed by atoms with van der Waals surface area (Å²) in [4.78, 5) is 12.4. The van der Waals surface area contributed by atoms with E-state index in [2.05, 4.69) is 34.6 Å². The van der Waals surface area contributed by atoms with Gasteiger partial charge in [0, 0.05) is 6.54 Å². The Balaban J connectivity index is 1.63. The number of carbonyl (C=O) groups is 1. The standard InChI is InChI=1S/C23H28N4O3S/c1-5-17-11-13-18(14-12-17)30-16(3)22-25-26-23(27(22)6-2)31-15-21(28)24-19-9-7-8-10-20(19)29-4/h7-14,16H,5-6,15H2,1-4H3,(H,24,28)/t16-/m0/s1. The second-order valence-electron chi connectivity index (χ2n) is 6.88. The maximum Gasteiger partial charge on any atom is 0.234 e. The molecular formula is C23H28N4O3S. The van der Waals surface area contributed by atoms with E-state index in [4.69, 9.17) is 9.47 Å². The van der Waals surface area contributed by atoms with Gasteiger partial charge in [0.05, 0.1) is 18.6 Å². The van der Waals surface area contributed by atoms with Crippen molar-refractivity contribution in [1.82, 2.24) is 14.8 Å². The lowest BCUT2D eigenvalue weighted by Gasteiger charge is -2.16. The molecule has 7 nitrogen and oxygen atoms in total. The minimum Gasteiger partial charge on any atom is -0.495 e. The molecule has 2 aromatic carbocycles. The fourth-order valence-electron chi connectivity index (χ4n) is 3.13. The maximum atomic E-state index is 12.4. The zero-order chi connectivity index (χ0) is 22.2. The quantitative estimate of drug-likeness (QED) is 0.459. The van der Waals surface area contributed by atoms with Crippen LogP contribution in [0.4, 0.5) is 5.69 Å². The first-order chi connectivity index (χ1) is 15.0. The Hall–Kier alpha value is -3.00. The summed E-state index contributed by atoms with van der Waals surface area (Å²) in [6, 6.07) is 15.4. The minimum atomic E-state index is -0.267. The van der Waals surface area contributed by atoms with Crippen LogP contribution in [-0.2, 0) is 17.8 Å². The Labute approximate surface area is 187 Å². The zero-order valence-electron chi connectivity index (χ0n) is 18.3. The van der Waals surface area contributed by atoms with Crippen molar-refractivity contribution in [3.63, 3.8) is 0 Å². The second kappa shape index (κ2) is 10.9. The van der Waals surface area contributed by atoms with Gasteiger partial charge in [0.2, 0.25) is 5.91 Å². The molecule has 1 N–H and O–H groups in total. The summed E-state index contributed by atoms with van der Waals surface area (Å²) >= 11 is 1.34. The second-order valence-corrected chi connectivity index (χ2v) is 7.82. The van der Waals surface area contributed by atoms with E-state index in [9.17, 15) is 4.79 Å². The molecule has 8 heteroatoms.